The van der Waals surface area contributed by atoms with Crippen LogP contribution in [0.3, 0.4) is 0 Å². The van der Waals surface area contributed by atoms with Crippen LogP contribution in [-0.4, -0.2) is 33.7 Å². The predicted octanol–water partition coefficient (Wildman–Crippen LogP) is 3.78. The molecule has 2 aromatic carbocycles. The minimum absolute atomic E-state index is 0.216. The van der Waals surface area contributed by atoms with Gasteiger partial charge in [0, 0.05) is 31.4 Å². The molecular formula is C23H22FN5O. The summed E-state index contributed by atoms with van der Waals surface area (Å²) in [7, 11) is 0. The second kappa shape index (κ2) is 9.17. The maximum atomic E-state index is 13.3. The number of carbonyl (C=O) groups is 1. The topological polar surface area (TPSA) is 71.8 Å². The number of nitrogens with zero attached hydrogens (tertiary/aromatic N) is 3. The zero-order valence-corrected chi connectivity index (χ0v) is 16.4. The molecule has 2 heterocycles. The zero-order chi connectivity index (χ0) is 20.8. The summed E-state index contributed by atoms with van der Waals surface area (Å²) in [5.74, 6) is 0.392. The Morgan fingerprint density at radius 1 is 0.933 bits per heavy atom. The van der Waals surface area contributed by atoms with Crippen molar-refractivity contribution in [1.29, 1.82) is 0 Å². The minimum atomic E-state index is -0.298. The SMILES string of the molecule is O=C(NCCc1ccccc1)NCCn1c(-c2ccc(F)cc2)nc2cccnc21. The standard InChI is InChI=1S/C23H22FN5O/c24-19-10-8-18(9-11-19)21-28-20-7-4-13-25-22(20)29(21)16-15-27-23(30)26-14-12-17-5-2-1-3-6-17/h1-11,13H,12,14-16H2,(H2,26,27,30). The largest absolute Gasteiger partial charge is 0.338 e. The highest BCUT2D eigenvalue weighted by atomic mass is 19.1. The van der Waals surface area contributed by atoms with Crippen LogP contribution >= 0.6 is 0 Å². The average Bonchev–Trinajstić information content (AvgIpc) is 3.14. The third-order valence-corrected chi connectivity index (χ3v) is 4.77. The summed E-state index contributed by atoms with van der Waals surface area (Å²) in [6, 6.07) is 19.7. The molecule has 6 nitrogen and oxygen atoms in total. The first kappa shape index (κ1) is 19.6. The van der Waals surface area contributed by atoms with E-state index in [2.05, 4.69) is 20.6 Å². The number of amides is 2. The van der Waals surface area contributed by atoms with Gasteiger partial charge in [-0.25, -0.2) is 19.2 Å². The number of aromatic nitrogens is 3. The Balaban J connectivity index is 1.39. The number of hydrogen-bond donors (Lipinski definition) is 2. The molecule has 2 amide bonds. The quantitative estimate of drug-likeness (QED) is 0.493. The molecule has 0 fully saturated rings. The van der Waals surface area contributed by atoms with E-state index in [0.29, 0.717) is 25.5 Å². The van der Waals surface area contributed by atoms with Crippen LogP contribution in [0.15, 0.2) is 72.9 Å². The number of urea groups is 1. The summed E-state index contributed by atoms with van der Waals surface area (Å²) in [6.07, 6.45) is 2.48. The van der Waals surface area contributed by atoms with Crippen LogP contribution in [0.5, 0.6) is 0 Å². The van der Waals surface area contributed by atoms with Crippen molar-refractivity contribution in [3.05, 3.63) is 84.3 Å². The average molecular weight is 403 g/mol. The lowest BCUT2D eigenvalue weighted by atomic mass is 10.1. The molecule has 0 unspecified atom stereocenters. The van der Waals surface area contributed by atoms with Crippen molar-refractivity contribution in [2.45, 2.75) is 13.0 Å². The van der Waals surface area contributed by atoms with Gasteiger partial charge in [-0.1, -0.05) is 30.3 Å². The van der Waals surface area contributed by atoms with E-state index in [-0.39, 0.29) is 11.8 Å². The number of fused-ring (bicyclic) bond motifs is 1. The molecule has 0 aliphatic rings. The fourth-order valence-electron chi connectivity index (χ4n) is 3.30. The Hall–Kier alpha value is -3.74. The molecule has 7 heteroatoms. The predicted molar refractivity (Wildman–Crippen MR) is 114 cm³/mol. The van der Waals surface area contributed by atoms with Crippen LogP contribution in [0, 0.1) is 5.82 Å². The minimum Gasteiger partial charge on any atom is -0.338 e. The normalized spacial score (nSPS) is 10.8. The molecule has 2 aromatic heterocycles. The van der Waals surface area contributed by atoms with Gasteiger partial charge in [-0.15, -0.1) is 0 Å². The second-order valence-corrected chi connectivity index (χ2v) is 6.86. The number of hydrogen-bond acceptors (Lipinski definition) is 3. The maximum absolute atomic E-state index is 13.3. The van der Waals surface area contributed by atoms with E-state index in [1.54, 1.807) is 18.3 Å². The first-order valence-corrected chi connectivity index (χ1v) is 9.83. The summed E-state index contributed by atoms with van der Waals surface area (Å²) in [5.41, 5.74) is 3.45. The molecule has 4 rings (SSSR count). The Bertz CT molecular complexity index is 1130. The molecule has 0 saturated heterocycles. The number of carbonyl (C=O) groups excluding carboxylic acids is 1. The summed E-state index contributed by atoms with van der Waals surface area (Å²) in [4.78, 5) is 21.2. The molecule has 0 aliphatic carbocycles. The summed E-state index contributed by atoms with van der Waals surface area (Å²) in [5, 5.41) is 5.74. The lowest BCUT2D eigenvalue weighted by Crippen LogP contribution is -2.38. The van der Waals surface area contributed by atoms with E-state index in [1.165, 1.54) is 17.7 Å². The number of nitrogens with one attached hydrogen (secondary N) is 2. The zero-order valence-electron chi connectivity index (χ0n) is 16.4. The number of imidazole rings is 1. The molecule has 152 valence electrons. The van der Waals surface area contributed by atoms with E-state index in [0.717, 1.165) is 23.1 Å². The third-order valence-electron chi connectivity index (χ3n) is 4.77. The Morgan fingerprint density at radius 2 is 1.70 bits per heavy atom. The highest BCUT2D eigenvalue weighted by Crippen LogP contribution is 2.23. The van der Waals surface area contributed by atoms with Crippen molar-refractivity contribution in [3.8, 4) is 11.4 Å². The Morgan fingerprint density at radius 3 is 2.50 bits per heavy atom. The van der Waals surface area contributed by atoms with Crippen molar-refractivity contribution < 1.29 is 9.18 Å². The van der Waals surface area contributed by atoms with Crippen molar-refractivity contribution in [3.63, 3.8) is 0 Å². The molecule has 0 spiro atoms. The van der Waals surface area contributed by atoms with E-state index < -0.39 is 0 Å². The number of pyridine rings is 1. The van der Waals surface area contributed by atoms with Crippen LogP contribution in [-0.2, 0) is 13.0 Å². The molecule has 0 atom stereocenters. The van der Waals surface area contributed by atoms with E-state index in [4.69, 9.17) is 0 Å². The highest BCUT2D eigenvalue weighted by molar-refractivity contribution is 5.77. The van der Waals surface area contributed by atoms with E-state index in [9.17, 15) is 9.18 Å². The van der Waals surface area contributed by atoms with E-state index >= 15 is 0 Å². The van der Waals surface area contributed by atoms with Crippen LogP contribution in [0.1, 0.15) is 5.56 Å². The lowest BCUT2D eigenvalue weighted by molar-refractivity contribution is 0.240. The maximum Gasteiger partial charge on any atom is 0.314 e. The van der Waals surface area contributed by atoms with Crippen LogP contribution < -0.4 is 10.6 Å². The smallest absolute Gasteiger partial charge is 0.314 e. The molecule has 0 bridgehead atoms. The molecule has 0 aliphatic heterocycles. The van der Waals surface area contributed by atoms with Gasteiger partial charge < -0.3 is 15.2 Å². The molecule has 0 radical (unpaired) electrons. The molecule has 4 aromatic rings. The van der Waals surface area contributed by atoms with Crippen molar-refractivity contribution in [1.82, 2.24) is 25.2 Å². The number of benzene rings is 2. The van der Waals surface area contributed by atoms with Gasteiger partial charge in [-0.2, -0.15) is 0 Å². The van der Waals surface area contributed by atoms with Crippen LogP contribution in [0.25, 0.3) is 22.6 Å². The number of halogens is 1. The van der Waals surface area contributed by atoms with Crippen molar-refractivity contribution in [2.75, 3.05) is 13.1 Å². The van der Waals surface area contributed by atoms with Gasteiger partial charge in [0.15, 0.2) is 5.65 Å². The fraction of sp³-hybridized carbons (Fsp3) is 0.174. The molecule has 2 N–H and O–H groups in total. The van der Waals surface area contributed by atoms with Crippen molar-refractivity contribution >= 4 is 17.2 Å². The van der Waals surface area contributed by atoms with Gasteiger partial charge in [0.2, 0.25) is 0 Å². The third kappa shape index (κ3) is 4.63. The monoisotopic (exact) mass is 403 g/mol. The first-order valence-electron chi connectivity index (χ1n) is 9.83. The van der Waals surface area contributed by atoms with Gasteiger partial charge >= 0.3 is 6.03 Å². The summed E-state index contributed by atoms with van der Waals surface area (Å²) < 4.78 is 15.3. The van der Waals surface area contributed by atoms with Gasteiger partial charge in [0.05, 0.1) is 0 Å². The summed E-state index contributed by atoms with van der Waals surface area (Å²) in [6.45, 7) is 1.46. The van der Waals surface area contributed by atoms with Crippen LogP contribution in [0.2, 0.25) is 0 Å². The van der Waals surface area contributed by atoms with Crippen LogP contribution in [0.4, 0.5) is 9.18 Å². The van der Waals surface area contributed by atoms with Crippen molar-refractivity contribution in [2.24, 2.45) is 0 Å². The Kier molecular flexibility index (Phi) is 5.98. The lowest BCUT2D eigenvalue weighted by Gasteiger charge is -2.11. The van der Waals surface area contributed by atoms with Gasteiger partial charge in [-0.05, 0) is 48.4 Å². The fourth-order valence-corrected chi connectivity index (χ4v) is 3.30. The molecule has 0 saturated carbocycles. The highest BCUT2D eigenvalue weighted by Gasteiger charge is 2.13. The summed E-state index contributed by atoms with van der Waals surface area (Å²) >= 11 is 0. The number of rotatable bonds is 7. The first-order chi connectivity index (χ1) is 14.7. The van der Waals surface area contributed by atoms with E-state index in [1.807, 2.05) is 47.0 Å². The molecule has 30 heavy (non-hydrogen) atoms. The Labute approximate surface area is 173 Å². The molecular weight excluding hydrogens is 381 g/mol. The second-order valence-electron chi connectivity index (χ2n) is 6.86. The van der Waals surface area contributed by atoms with Gasteiger partial charge in [0.25, 0.3) is 0 Å². The van der Waals surface area contributed by atoms with Gasteiger partial charge in [-0.3, -0.25) is 0 Å². The van der Waals surface area contributed by atoms with Gasteiger partial charge in [0.1, 0.15) is 17.2 Å².